The van der Waals surface area contributed by atoms with Crippen LogP contribution >= 0.6 is 0 Å². The Labute approximate surface area is 117 Å². The summed E-state index contributed by atoms with van der Waals surface area (Å²) >= 11 is 0. The molecule has 1 aliphatic rings. The molecule has 0 aliphatic carbocycles. The number of rotatable bonds is 3. The van der Waals surface area contributed by atoms with E-state index in [-0.39, 0.29) is 11.5 Å². The molecule has 0 bridgehead atoms. The fourth-order valence-electron chi connectivity index (χ4n) is 2.05. The largest absolute Gasteiger partial charge is 0.405 e. The number of alkyl halides is 3. The van der Waals surface area contributed by atoms with Crippen molar-refractivity contribution in [1.82, 2.24) is 10.2 Å². The van der Waals surface area contributed by atoms with Crippen molar-refractivity contribution in [1.29, 1.82) is 0 Å². The molecule has 1 fully saturated rings. The number of hydrogen-bond donors (Lipinski definition) is 1. The van der Waals surface area contributed by atoms with Gasteiger partial charge in [0.05, 0.1) is 18.8 Å². The maximum atomic E-state index is 12.1. The summed E-state index contributed by atoms with van der Waals surface area (Å²) in [5.41, 5.74) is -0.0686. The minimum Gasteiger partial charge on any atom is -0.375 e. The van der Waals surface area contributed by atoms with Gasteiger partial charge in [-0.2, -0.15) is 13.2 Å². The van der Waals surface area contributed by atoms with E-state index in [0.717, 1.165) is 0 Å². The molecule has 0 radical (unpaired) electrons. The topological polar surface area (TPSA) is 41.6 Å². The smallest absolute Gasteiger partial charge is 0.375 e. The van der Waals surface area contributed by atoms with Crippen molar-refractivity contribution < 1.29 is 22.7 Å². The third-order valence-corrected chi connectivity index (χ3v) is 3.45. The van der Waals surface area contributed by atoms with Gasteiger partial charge in [0.25, 0.3) is 0 Å². The molecule has 7 heteroatoms. The number of halogens is 3. The van der Waals surface area contributed by atoms with Crippen molar-refractivity contribution in [3.63, 3.8) is 0 Å². The van der Waals surface area contributed by atoms with E-state index in [2.05, 4.69) is 0 Å². The Morgan fingerprint density at radius 3 is 2.50 bits per heavy atom. The molecule has 0 aromatic carbocycles. The molecule has 0 aromatic heterocycles. The van der Waals surface area contributed by atoms with Gasteiger partial charge in [0, 0.05) is 13.1 Å². The van der Waals surface area contributed by atoms with E-state index < -0.39 is 24.7 Å². The van der Waals surface area contributed by atoms with Gasteiger partial charge in [-0.1, -0.05) is 20.8 Å². The first kappa shape index (κ1) is 17.2. The van der Waals surface area contributed by atoms with Crippen LogP contribution < -0.4 is 5.32 Å². The monoisotopic (exact) mass is 296 g/mol. The third-order valence-electron chi connectivity index (χ3n) is 3.45. The van der Waals surface area contributed by atoms with Crippen LogP contribution in [0.2, 0.25) is 0 Å². The highest BCUT2D eigenvalue weighted by atomic mass is 19.4. The minimum absolute atomic E-state index is 0.0332. The molecule has 1 rings (SSSR count). The molecule has 1 N–H and O–H groups in total. The average Bonchev–Trinajstić information content (AvgIpc) is 2.33. The molecule has 0 spiro atoms. The van der Waals surface area contributed by atoms with Crippen molar-refractivity contribution >= 4 is 5.91 Å². The van der Waals surface area contributed by atoms with Crippen molar-refractivity contribution in [3.8, 4) is 0 Å². The van der Waals surface area contributed by atoms with Crippen LogP contribution in [0.1, 0.15) is 27.7 Å². The van der Waals surface area contributed by atoms with Gasteiger partial charge in [0.2, 0.25) is 5.91 Å². The molecule has 0 aromatic rings. The van der Waals surface area contributed by atoms with E-state index in [1.807, 2.05) is 31.0 Å². The van der Waals surface area contributed by atoms with E-state index in [0.29, 0.717) is 19.7 Å². The van der Waals surface area contributed by atoms with Crippen LogP contribution in [-0.2, 0) is 9.53 Å². The Balaban J connectivity index is 2.54. The number of carbonyl (C=O) groups is 1. The predicted octanol–water partition coefficient (Wildman–Crippen LogP) is 1.80. The normalized spacial score (nSPS) is 23.4. The number of carbonyl (C=O) groups excluding carboxylic acids is 1. The maximum Gasteiger partial charge on any atom is 0.405 e. The van der Waals surface area contributed by atoms with E-state index in [1.54, 1.807) is 6.92 Å². The van der Waals surface area contributed by atoms with Crippen LogP contribution in [0.4, 0.5) is 13.2 Å². The lowest BCUT2D eigenvalue weighted by molar-refractivity contribution is -0.144. The van der Waals surface area contributed by atoms with Gasteiger partial charge in [0.15, 0.2) is 0 Å². The van der Waals surface area contributed by atoms with Gasteiger partial charge < -0.3 is 10.1 Å². The number of nitrogens with one attached hydrogen (secondary N) is 1. The van der Waals surface area contributed by atoms with Crippen LogP contribution in [0.5, 0.6) is 0 Å². The van der Waals surface area contributed by atoms with Crippen LogP contribution in [0.3, 0.4) is 0 Å². The zero-order valence-corrected chi connectivity index (χ0v) is 12.4. The highest BCUT2D eigenvalue weighted by Gasteiger charge is 2.35. The van der Waals surface area contributed by atoms with E-state index in [1.165, 1.54) is 0 Å². The summed E-state index contributed by atoms with van der Waals surface area (Å²) in [7, 11) is 0. The quantitative estimate of drug-likeness (QED) is 0.863. The summed E-state index contributed by atoms with van der Waals surface area (Å²) in [4.78, 5) is 13.6. The summed E-state index contributed by atoms with van der Waals surface area (Å²) in [5.74, 6) is -0.600. The number of hydrogen-bond acceptors (Lipinski definition) is 3. The van der Waals surface area contributed by atoms with Crippen LogP contribution in [0.25, 0.3) is 0 Å². The number of ether oxygens (including phenoxy) is 1. The Hall–Kier alpha value is -0.820. The number of nitrogens with zero attached hydrogens (tertiary/aromatic N) is 1. The highest BCUT2D eigenvalue weighted by molar-refractivity contribution is 5.81. The first-order valence-electron chi connectivity index (χ1n) is 6.71. The molecule has 0 unspecified atom stereocenters. The fraction of sp³-hybridized carbons (Fsp3) is 0.923. The molecular formula is C13H23F3N2O2. The molecule has 20 heavy (non-hydrogen) atoms. The van der Waals surface area contributed by atoms with Gasteiger partial charge in [-0.25, -0.2) is 0 Å². The minimum atomic E-state index is -4.38. The first-order chi connectivity index (χ1) is 9.00. The van der Waals surface area contributed by atoms with Crippen molar-refractivity contribution in [2.45, 2.75) is 46.0 Å². The Bertz CT molecular complexity index is 339. The molecule has 0 saturated carbocycles. The lowest BCUT2D eigenvalue weighted by atomic mass is 9.88. The molecular weight excluding hydrogens is 273 g/mol. The van der Waals surface area contributed by atoms with Crippen molar-refractivity contribution in [2.75, 3.05) is 26.2 Å². The maximum absolute atomic E-state index is 12.1. The second-order valence-corrected chi connectivity index (χ2v) is 6.23. The lowest BCUT2D eigenvalue weighted by Crippen LogP contribution is -2.55. The van der Waals surface area contributed by atoms with Crippen LogP contribution in [0.15, 0.2) is 0 Å². The zero-order valence-electron chi connectivity index (χ0n) is 12.4. The highest BCUT2D eigenvalue weighted by Crippen LogP contribution is 2.26. The standard InChI is InChI=1S/C13H23F3N2O2/c1-9(11(19)17-8-13(14,15)16)18-5-6-20-10(7-18)12(2,3)4/h9-10H,5-8H2,1-4H3,(H,17,19)/t9-,10+/m1/s1. The Morgan fingerprint density at radius 1 is 1.40 bits per heavy atom. The molecule has 1 amide bonds. The van der Waals surface area contributed by atoms with Crippen LogP contribution in [0, 0.1) is 5.41 Å². The molecule has 2 atom stereocenters. The SMILES string of the molecule is C[C@H](C(=O)NCC(F)(F)F)N1CCO[C@H](C(C)(C)C)C1. The molecule has 1 heterocycles. The molecule has 1 aliphatic heterocycles. The van der Waals surface area contributed by atoms with Gasteiger partial charge in [-0.05, 0) is 12.3 Å². The summed E-state index contributed by atoms with van der Waals surface area (Å²) in [6.07, 6.45) is -4.41. The predicted molar refractivity (Wildman–Crippen MR) is 69.3 cm³/mol. The van der Waals surface area contributed by atoms with Gasteiger partial charge >= 0.3 is 6.18 Å². The van der Waals surface area contributed by atoms with Gasteiger partial charge in [0.1, 0.15) is 6.54 Å². The lowest BCUT2D eigenvalue weighted by Gasteiger charge is -2.41. The Morgan fingerprint density at radius 2 is 2.00 bits per heavy atom. The van der Waals surface area contributed by atoms with E-state index >= 15 is 0 Å². The van der Waals surface area contributed by atoms with Crippen molar-refractivity contribution in [2.24, 2.45) is 5.41 Å². The summed E-state index contributed by atoms with van der Waals surface area (Å²) in [5, 5.41) is 1.93. The fourth-order valence-corrected chi connectivity index (χ4v) is 2.05. The van der Waals surface area contributed by atoms with Crippen molar-refractivity contribution in [3.05, 3.63) is 0 Å². The number of morpholine rings is 1. The molecule has 1 saturated heterocycles. The number of amides is 1. The summed E-state index contributed by atoms with van der Waals surface area (Å²) in [6.45, 7) is 8.02. The van der Waals surface area contributed by atoms with Gasteiger partial charge in [-0.15, -0.1) is 0 Å². The average molecular weight is 296 g/mol. The molecule has 4 nitrogen and oxygen atoms in total. The summed E-state index contributed by atoms with van der Waals surface area (Å²) in [6, 6.07) is -0.592. The van der Waals surface area contributed by atoms with Gasteiger partial charge in [-0.3, -0.25) is 9.69 Å². The third kappa shape index (κ3) is 5.28. The second kappa shape index (κ2) is 6.30. The zero-order chi connectivity index (χ0) is 15.6. The molecule has 118 valence electrons. The first-order valence-corrected chi connectivity index (χ1v) is 6.71. The van der Waals surface area contributed by atoms with E-state index in [4.69, 9.17) is 4.74 Å². The second-order valence-electron chi connectivity index (χ2n) is 6.23. The van der Waals surface area contributed by atoms with Crippen LogP contribution in [-0.4, -0.2) is 55.4 Å². The van der Waals surface area contributed by atoms with E-state index in [9.17, 15) is 18.0 Å². The summed E-state index contributed by atoms with van der Waals surface area (Å²) < 4.78 is 41.9. The Kier molecular flexibility index (Phi) is 5.43.